The second-order valence-electron chi connectivity index (χ2n) is 3.90. The van der Waals surface area contributed by atoms with Crippen LogP contribution in [0, 0.1) is 11.3 Å². The first-order valence-corrected chi connectivity index (χ1v) is 5.61. The van der Waals surface area contributed by atoms with E-state index in [2.05, 4.69) is 16.4 Å². The predicted octanol–water partition coefficient (Wildman–Crippen LogP) is 2.26. The van der Waals surface area contributed by atoms with Crippen molar-refractivity contribution in [1.29, 1.82) is 5.26 Å². The number of nitrogens with one attached hydrogen (secondary N) is 1. The number of benzene rings is 1. The third-order valence-corrected chi connectivity index (χ3v) is 2.57. The van der Waals surface area contributed by atoms with Crippen molar-refractivity contribution in [2.24, 2.45) is 0 Å². The number of pyridine rings is 1. The normalized spacial score (nSPS) is 9.63. The molecule has 0 radical (unpaired) electrons. The highest BCUT2D eigenvalue weighted by Gasteiger charge is 2.02. The molecule has 0 saturated carbocycles. The third-order valence-electron chi connectivity index (χ3n) is 2.57. The van der Waals surface area contributed by atoms with Crippen LogP contribution in [-0.2, 0) is 6.54 Å². The van der Waals surface area contributed by atoms with E-state index >= 15 is 0 Å². The lowest BCUT2D eigenvalue weighted by Gasteiger charge is -2.05. The molecule has 5 nitrogen and oxygen atoms in total. The maximum Gasteiger partial charge on any atom is 0.337 e. The van der Waals surface area contributed by atoms with Crippen LogP contribution in [0.5, 0.6) is 0 Å². The van der Waals surface area contributed by atoms with Crippen molar-refractivity contribution in [3.05, 3.63) is 59.3 Å². The van der Waals surface area contributed by atoms with Gasteiger partial charge < -0.3 is 10.4 Å². The maximum absolute atomic E-state index is 10.7. The van der Waals surface area contributed by atoms with Gasteiger partial charge in [-0.15, -0.1) is 0 Å². The number of anilines is 1. The molecule has 0 aliphatic heterocycles. The van der Waals surface area contributed by atoms with Crippen LogP contribution in [0.4, 0.5) is 5.82 Å². The summed E-state index contributed by atoms with van der Waals surface area (Å²) in [6, 6.07) is 12.4. The monoisotopic (exact) mass is 253 g/mol. The first kappa shape index (κ1) is 12.6. The van der Waals surface area contributed by atoms with Crippen LogP contribution >= 0.6 is 0 Å². The molecule has 1 aromatic carbocycles. The molecule has 0 bridgehead atoms. The molecule has 19 heavy (non-hydrogen) atoms. The van der Waals surface area contributed by atoms with Gasteiger partial charge in [-0.1, -0.05) is 12.1 Å². The zero-order chi connectivity index (χ0) is 13.7. The van der Waals surface area contributed by atoms with Crippen molar-refractivity contribution < 1.29 is 9.90 Å². The quantitative estimate of drug-likeness (QED) is 0.872. The van der Waals surface area contributed by atoms with Crippen LogP contribution in [0.25, 0.3) is 0 Å². The Hall–Kier alpha value is -2.87. The SMILES string of the molecule is N#Cc1ccc(CNc2ccc(C(=O)O)cn2)cc1. The minimum atomic E-state index is -0.994. The van der Waals surface area contributed by atoms with E-state index in [4.69, 9.17) is 10.4 Å². The molecular weight excluding hydrogens is 242 g/mol. The molecule has 1 heterocycles. The van der Waals surface area contributed by atoms with Gasteiger partial charge in [-0.3, -0.25) is 0 Å². The first-order chi connectivity index (χ1) is 9.19. The summed E-state index contributed by atoms with van der Waals surface area (Å²) in [6.45, 7) is 0.561. The number of carboxylic acid groups (broad SMARTS) is 1. The number of aromatic carboxylic acids is 1. The zero-order valence-corrected chi connectivity index (χ0v) is 10.00. The highest BCUT2D eigenvalue weighted by Crippen LogP contribution is 2.08. The van der Waals surface area contributed by atoms with Crippen LogP contribution in [0.1, 0.15) is 21.5 Å². The second kappa shape index (κ2) is 5.65. The van der Waals surface area contributed by atoms with E-state index in [0.717, 1.165) is 5.56 Å². The minimum Gasteiger partial charge on any atom is -0.478 e. The third kappa shape index (κ3) is 3.30. The molecule has 0 aliphatic carbocycles. The van der Waals surface area contributed by atoms with Crippen molar-refractivity contribution in [2.75, 3.05) is 5.32 Å². The number of carboxylic acids is 1. The molecule has 2 aromatic rings. The van der Waals surface area contributed by atoms with Crippen LogP contribution in [0.2, 0.25) is 0 Å². The highest BCUT2D eigenvalue weighted by atomic mass is 16.4. The lowest BCUT2D eigenvalue weighted by Crippen LogP contribution is -2.03. The fourth-order valence-corrected chi connectivity index (χ4v) is 1.51. The van der Waals surface area contributed by atoms with Crippen molar-refractivity contribution in [3.63, 3.8) is 0 Å². The van der Waals surface area contributed by atoms with Crippen LogP contribution < -0.4 is 5.32 Å². The molecule has 1 aromatic heterocycles. The summed E-state index contributed by atoms with van der Waals surface area (Å²) in [6.07, 6.45) is 1.31. The average Bonchev–Trinajstić information content (AvgIpc) is 2.46. The van der Waals surface area contributed by atoms with Gasteiger partial charge in [0.25, 0.3) is 0 Å². The second-order valence-corrected chi connectivity index (χ2v) is 3.90. The van der Waals surface area contributed by atoms with Gasteiger partial charge in [-0.25, -0.2) is 9.78 Å². The smallest absolute Gasteiger partial charge is 0.337 e. The standard InChI is InChI=1S/C14H11N3O2/c15-7-10-1-3-11(4-2-10)8-16-13-6-5-12(9-17-13)14(18)19/h1-6,9H,8H2,(H,16,17)(H,18,19). The summed E-state index contributed by atoms with van der Waals surface area (Å²) in [7, 11) is 0. The van der Waals surface area contributed by atoms with Crippen LogP contribution in [0.15, 0.2) is 42.6 Å². The molecule has 5 heteroatoms. The first-order valence-electron chi connectivity index (χ1n) is 5.61. The molecule has 0 saturated heterocycles. The Morgan fingerprint density at radius 2 is 2.00 bits per heavy atom. The molecule has 0 fully saturated rings. The maximum atomic E-state index is 10.7. The van der Waals surface area contributed by atoms with Crippen molar-refractivity contribution in [2.45, 2.75) is 6.54 Å². The summed E-state index contributed by atoms with van der Waals surface area (Å²) in [5, 5.41) is 20.5. The summed E-state index contributed by atoms with van der Waals surface area (Å²) in [4.78, 5) is 14.7. The molecule has 2 rings (SSSR count). The fourth-order valence-electron chi connectivity index (χ4n) is 1.51. The number of nitriles is 1. The van der Waals surface area contributed by atoms with Gasteiger partial charge in [0.2, 0.25) is 0 Å². The molecule has 94 valence electrons. The summed E-state index contributed by atoms with van der Waals surface area (Å²) in [5.41, 5.74) is 1.79. The Morgan fingerprint density at radius 1 is 1.26 bits per heavy atom. The van der Waals surface area contributed by atoms with Crippen molar-refractivity contribution >= 4 is 11.8 Å². The number of nitrogens with zero attached hydrogens (tertiary/aromatic N) is 2. The highest BCUT2D eigenvalue weighted by molar-refractivity contribution is 5.87. The summed E-state index contributed by atoms with van der Waals surface area (Å²) >= 11 is 0. The van der Waals surface area contributed by atoms with Gasteiger partial charge in [-0.2, -0.15) is 5.26 Å². The Bertz CT molecular complexity index is 613. The number of aromatic nitrogens is 1. The van der Waals surface area contributed by atoms with Crippen LogP contribution in [0.3, 0.4) is 0 Å². The zero-order valence-electron chi connectivity index (χ0n) is 10.00. The summed E-state index contributed by atoms with van der Waals surface area (Å²) in [5.74, 6) is -0.388. The molecule has 0 unspecified atom stereocenters. The Labute approximate surface area is 110 Å². The van der Waals surface area contributed by atoms with E-state index in [9.17, 15) is 4.79 Å². The van der Waals surface area contributed by atoms with Gasteiger partial charge in [-0.05, 0) is 29.8 Å². The topological polar surface area (TPSA) is 86.0 Å². The molecular formula is C14H11N3O2. The largest absolute Gasteiger partial charge is 0.478 e. The molecule has 0 aliphatic rings. The van der Waals surface area contributed by atoms with Crippen molar-refractivity contribution in [3.8, 4) is 6.07 Å². The van der Waals surface area contributed by atoms with Gasteiger partial charge in [0.1, 0.15) is 5.82 Å². The molecule has 0 spiro atoms. The lowest BCUT2D eigenvalue weighted by atomic mass is 10.1. The molecule has 0 atom stereocenters. The number of hydrogen-bond donors (Lipinski definition) is 2. The van der Waals surface area contributed by atoms with E-state index < -0.39 is 5.97 Å². The Balaban J connectivity index is 1.98. The number of carbonyl (C=O) groups is 1. The van der Waals surface area contributed by atoms with Gasteiger partial charge in [0.05, 0.1) is 17.2 Å². The Morgan fingerprint density at radius 3 is 2.53 bits per heavy atom. The molecule has 2 N–H and O–H groups in total. The Kier molecular flexibility index (Phi) is 3.74. The lowest BCUT2D eigenvalue weighted by molar-refractivity contribution is 0.0696. The van der Waals surface area contributed by atoms with Crippen LogP contribution in [-0.4, -0.2) is 16.1 Å². The number of rotatable bonds is 4. The fraction of sp³-hybridized carbons (Fsp3) is 0.0714. The van der Waals surface area contributed by atoms with E-state index in [1.165, 1.54) is 12.3 Å². The van der Waals surface area contributed by atoms with E-state index in [-0.39, 0.29) is 5.56 Å². The van der Waals surface area contributed by atoms with Gasteiger partial charge in [0.15, 0.2) is 0 Å². The number of hydrogen-bond acceptors (Lipinski definition) is 4. The minimum absolute atomic E-state index is 0.156. The van der Waals surface area contributed by atoms with Crippen molar-refractivity contribution in [1.82, 2.24) is 4.98 Å². The average molecular weight is 253 g/mol. The van der Waals surface area contributed by atoms with E-state index in [1.54, 1.807) is 18.2 Å². The molecule has 0 amide bonds. The summed E-state index contributed by atoms with van der Waals surface area (Å²) < 4.78 is 0. The van der Waals surface area contributed by atoms with E-state index in [1.807, 2.05) is 12.1 Å². The van der Waals surface area contributed by atoms with E-state index in [0.29, 0.717) is 17.9 Å². The van der Waals surface area contributed by atoms with Gasteiger partial charge >= 0.3 is 5.97 Å². The predicted molar refractivity (Wildman–Crippen MR) is 69.7 cm³/mol. The van der Waals surface area contributed by atoms with Gasteiger partial charge in [0, 0.05) is 12.7 Å².